The van der Waals surface area contributed by atoms with Gasteiger partial charge < -0.3 is 9.73 Å². The van der Waals surface area contributed by atoms with E-state index < -0.39 is 0 Å². The fraction of sp³-hybridized carbons (Fsp3) is 0.0909. The maximum absolute atomic E-state index is 12.6. The van der Waals surface area contributed by atoms with Crippen LogP contribution in [0, 0.1) is 21.0 Å². The Bertz CT molecular complexity index is 1200. The Morgan fingerprint density at radius 2 is 1.75 bits per heavy atom. The number of fused-ring (bicyclic) bond motifs is 1. The molecular formula is C22H16I2N2O2. The standard InChI is InChI=1S/C22H16I2N2O2/c1-12-9-13(2)20-19(10-12)26-22(28-20)14-3-6-16(7-4-14)25-21(27)17-11-15(23)5-8-18(17)24/h3-11H,1-2H3,(H,25,27). The van der Waals surface area contributed by atoms with Crippen LogP contribution >= 0.6 is 45.2 Å². The molecule has 0 saturated heterocycles. The fourth-order valence-electron chi connectivity index (χ4n) is 3.07. The lowest BCUT2D eigenvalue weighted by molar-refractivity contribution is 0.102. The summed E-state index contributed by atoms with van der Waals surface area (Å²) in [5, 5.41) is 2.95. The lowest BCUT2D eigenvalue weighted by Crippen LogP contribution is -2.13. The summed E-state index contributed by atoms with van der Waals surface area (Å²) in [4.78, 5) is 17.2. The summed E-state index contributed by atoms with van der Waals surface area (Å²) in [6.45, 7) is 4.07. The first kappa shape index (κ1) is 19.4. The third-order valence-corrected chi connectivity index (χ3v) is 5.99. The first-order valence-corrected chi connectivity index (χ1v) is 10.8. The number of amides is 1. The minimum absolute atomic E-state index is 0.122. The van der Waals surface area contributed by atoms with E-state index in [1.165, 1.54) is 0 Å². The van der Waals surface area contributed by atoms with Gasteiger partial charge in [0.2, 0.25) is 5.89 Å². The lowest BCUT2D eigenvalue weighted by atomic mass is 10.1. The predicted molar refractivity (Wildman–Crippen MR) is 129 cm³/mol. The third kappa shape index (κ3) is 3.93. The number of aromatic nitrogens is 1. The van der Waals surface area contributed by atoms with Gasteiger partial charge in [-0.15, -0.1) is 0 Å². The zero-order valence-electron chi connectivity index (χ0n) is 15.2. The SMILES string of the molecule is Cc1cc(C)c2oc(-c3ccc(NC(=O)c4cc(I)ccc4I)cc3)nc2c1. The maximum Gasteiger partial charge on any atom is 0.256 e. The van der Waals surface area contributed by atoms with Crippen LogP contribution in [0.4, 0.5) is 5.69 Å². The van der Waals surface area contributed by atoms with Crippen molar-refractivity contribution in [2.24, 2.45) is 0 Å². The fourth-order valence-corrected chi connectivity index (χ4v) is 4.14. The van der Waals surface area contributed by atoms with E-state index in [2.05, 4.69) is 61.5 Å². The van der Waals surface area contributed by atoms with Gasteiger partial charge in [-0.1, -0.05) is 6.07 Å². The molecule has 1 heterocycles. The number of hydrogen-bond donors (Lipinski definition) is 1. The van der Waals surface area contributed by atoms with Gasteiger partial charge in [-0.2, -0.15) is 0 Å². The molecule has 0 aliphatic heterocycles. The van der Waals surface area contributed by atoms with Gasteiger partial charge in [0, 0.05) is 18.4 Å². The summed E-state index contributed by atoms with van der Waals surface area (Å²) in [7, 11) is 0. The summed E-state index contributed by atoms with van der Waals surface area (Å²) in [5.41, 5.74) is 6.17. The Labute approximate surface area is 190 Å². The number of oxazole rings is 1. The molecule has 0 bridgehead atoms. The number of carbonyl (C=O) groups is 1. The molecule has 28 heavy (non-hydrogen) atoms. The van der Waals surface area contributed by atoms with Crippen molar-refractivity contribution in [3.05, 3.63) is 78.4 Å². The van der Waals surface area contributed by atoms with Crippen molar-refractivity contribution >= 4 is 67.9 Å². The molecule has 0 fully saturated rings. The molecule has 140 valence electrons. The minimum atomic E-state index is -0.122. The van der Waals surface area contributed by atoms with Crippen molar-refractivity contribution in [2.75, 3.05) is 5.32 Å². The predicted octanol–water partition coefficient (Wildman–Crippen LogP) is 6.57. The Balaban J connectivity index is 1.58. The van der Waals surface area contributed by atoms with Crippen molar-refractivity contribution < 1.29 is 9.21 Å². The first-order valence-electron chi connectivity index (χ1n) is 8.65. The minimum Gasteiger partial charge on any atom is -0.436 e. The highest BCUT2D eigenvalue weighted by molar-refractivity contribution is 14.1. The van der Waals surface area contributed by atoms with Crippen LogP contribution < -0.4 is 5.32 Å². The maximum atomic E-state index is 12.6. The van der Waals surface area contributed by atoms with Gasteiger partial charge in [0.15, 0.2) is 5.58 Å². The van der Waals surface area contributed by atoms with E-state index in [1.807, 2.05) is 62.4 Å². The molecule has 3 aromatic carbocycles. The second-order valence-electron chi connectivity index (χ2n) is 6.60. The van der Waals surface area contributed by atoms with Gasteiger partial charge in [0.1, 0.15) is 5.52 Å². The van der Waals surface area contributed by atoms with E-state index in [-0.39, 0.29) is 5.91 Å². The highest BCUT2D eigenvalue weighted by atomic mass is 127. The van der Waals surface area contributed by atoms with Gasteiger partial charge in [0.05, 0.1) is 5.56 Å². The molecule has 4 rings (SSSR count). The lowest BCUT2D eigenvalue weighted by Gasteiger charge is -2.08. The van der Waals surface area contributed by atoms with E-state index in [0.29, 0.717) is 11.5 Å². The summed E-state index contributed by atoms with van der Waals surface area (Å²) >= 11 is 4.38. The van der Waals surface area contributed by atoms with Gasteiger partial charge in [-0.25, -0.2) is 4.98 Å². The van der Waals surface area contributed by atoms with E-state index in [1.54, 1.807) is 0 Å². The average molecular weight is 594 g/mol. The molecule has 0 spiro atoms. The normalized spacial score (nSPS) is 11.0. The zero-order chi connectivity index (χ0) is 19.8. The average Bonchev–Trinajstić information content (AvgIpc) is 3.08. The van der Waals surface area contributed by atoms with Gasteiger partial charge in [-0.05, 0) is 119 Å². The second-order valence-corrected chi connectivity index (χ2v) is 9.01. The topological polar surface area (TPSA) is 55.1 Å². The van der Waals surface area contributed by atoms with Crippen LogP contribution in [0.2, 0.25) is 0 Å². The van der Waals surface area contributed by atoms with E-state index in [9.17, 15) is 4.79 Å². The highest BCUT2D eigenvalue weighted by Crippen LogP contribution is 2.28. The summed E-state index contributed by atoms with van der Waals surface area (Å²) in [5.74, 6) is 0.456. The molecule has 4 aromatic rings. The molecule has 1 amide bonds. The monoisotopic (exact) mass is 594 g/mol. The van der Waals surface area contributed by atoms with Crippen LogP contribution in [0.3, 0.4) is 0 Å². The molecule has 0 aliphatic carbocycles. The van der Waals surface area contributed by atoms with Crippen molar-refractivity contribution in [3.8, 4) is 11.5 Å². The number of carbonyl (C=O) groups excluding carboxylic acids is 1. The Kier molecular flexibility index (Phi) is 5.42. The van der Waals surface area contributed by atoms with Crippen molar-refractivity contribution in [1.82, 2.24) is 4.98 Å². The number of rotatable bonds is 3. The quantitative estimate of drug-likeness (QED) is 0.273. The van der Waals surface area contributed by atoms with Gasteiger partial charge >= 0.3 is 0 Å². The van der Waals surface area contributed by atoms with E-state index in [0.717, 1.165) is 40.6 Å². The smallest absolute Gasteiger partial charge is 0.256 e. The van der Waals surface area contributed by atoms with Crippen LogP contribution in [0.1, 0.15) is 21.5 Å². The van der Waals surface area contributed by atoms with Crippen LogP contribution in [-0.4, -0.2) is 10.9 Å². The van der Waals surface area contributed by atoms with Crippen LogP contribution in [-0.2, 0) is 0 Å². The number of halogens is 2. The van der Waals surface area contributed by atoms with E-state index >= 15 is 0 Å². The molecule has 4 nitrogen and oxygen atoms in total. The highest BCUT2D eigenvalue weighted by Gasteiger charge is 2.13. The molecule has 0 unspecified atom stereocenters. The molecular weight excluding hydrogens is 578 g/mol. The zero-order valence-corrected chi connectivity index (χ0v) is 19.5. The molecule has 1 N–H and O–H groups in total. The third-order valence-electron chi connectivity index (χ3n) is 4.38. The number of nitrogens with zero attached hydrogens (tertiary/aromatic N) is 1. The molecule has 0 atom stereocenters. The summed E-state index contributed by atoms with van der Waals surface area (Å²) in [6, 6.07) is 17.4. The number of aryl methyl sites for hydroxylation is 2. The molecule has 6 heteroatoms. The number of nitrogens with one attached hydrogen (secondary N) is 1. The summed E-state index contributed by atoms with van der Waals surface area (Å²) < 4.78 is 7.91. The van der Waals surface area contributed by atoms with Crippen LogP contribution in [0.25, 0.3) is 22.6 Å². The number of benzene rings is 3. The molecule has 1 aromatic heterocycles. The number of anilines is 1. The van der Waals surface area contributed by atoms with Crippen molar-refractivity contribution in [3.63, 3.8) is 0 Å². The Hall–Kier alpha value is -1.94. The largest absolute Gasteiger partial charge is 0.436 e. The second kappa shape index (κ2) is 7.82. The number of hydrogen-bond acceptors (Lipinski definition) is 3. The van der Waals surface area contributed by atoms with Crippen LogP contribution in [0.15, 0.2) is 59.0 Å². The van der Waals surface area contributed by atoms with Gasteiger partial charge in [-0.3, -0.25) is 4.79 Å². The first-order chi connectivity index (χ1) is 13.4. The van der Waals surface area contributed by atoms with Gasteiger partial charge in [0.25, 0.3) is 5.91 Å². The van der Waals surface area contributed by atoms with Crippen molar-refractivity contribution in [1.29, 1.82) is 0 Å². The van der Waals surface area contributed by atoms with Crippen molar-refractivity contribution in [2.45, 2.75) is 13.8 Å². The van der Waals surface area contributed by atoms with E-state index in [4.69, 9.17) is 4.42 Å². The van der Waals surface area contributed by atoms with Crippen LogP contribution in [0.5, 0.6) is 0 Å². The summed E-state index contributed by atoms with van der Waals surface area (Å²) in [6.07, 6.45) is 0. The molecule has 0 radical (unpaired) electrons. The Morgan fingerprint density at radius 3 is 2.50 bits per heavy atom. The molecule has 0 saturated carbocycles. The Morgan fingerprint density at radius 1 is 1.00 bits per heavy atom. The molecule has 0 aliphatic rings.